The van der Waals surface area contributed by atoms with E-state index in [-0.39, 0.29) is 6.10 Å². The molecule has 0 saturated carbocycles. The molecule has 1 fully saturated rings. The van der Waals surface area contributed by atoms with E-state index in [1.807, 2.05) is 24.3 Å². The number of benzene rings is 4. The standard InChI is InChI=1S/C34H32ClN3O/c1-37-16-18-38(19-17-37)33-15-13-24(22-36-33)30-21-31-29(27-9-2-3-10-28(27)30)14-12-23-6-4-11-32(34(23)31)39-26-8-5-7-25(35)20-26/h2-3,5,7-10,12-15,20-22,32H,4,6,11,16-19H2,1H3. The van der Waals surface area contributed by atoms with Gasteiger partial charge in [0.25, 0.3) is 0 Å². The second-order valence-electron chi connectivity index (χ2n) is 10.9. The van der Waals surface area contributed by atoms with Crippen LogP contribution >= 0.6 is 11.6 Å². The minimum atomic E-state index is -0.0114. The topological polar surface area (TPSA) is 28.6 Å². The molecule has 1 saturated heterocycles. The van der Waals surface area contributed by atoms with Gasteiger partial charge in [-0.2, -0.15) is 0 Å². The Morgan fingerprint density at radius 3 is 2.44 bits per heavy atom. The van der Waals surface area contributed by atoms with E-state index in [0.717, 1.165) is 62.6 Å². The van der Waals surface area contributed by atoms with E-state index in [0.29, 0.717) is 5.02 Å². The summed E-state index contributed by atoms with van der Waals surface area (Å²) in [5, 5.41) is 5.76. The van der Waals surface area contributed by atoms with E-state index >= 15 is 0 Å². The van der Waals surface area contributed by atoms with Crippen LogP contribution < -0.4 is 9.64 Å². The number of hydrogen-bond acceptors (Lipinski definition) is 4. The number of rotatable bonds is 4. The lowest BCUT2D eigenvalue weighted by Gasteiger charge is -2.33. The Labute approximate surface area is 234 Å². The first-order chi connectivity index (χ1) is 19.1. The highest BCUT2D eigenvalue weighted by Crippen LogP contribution is 2.43. The highest BCUT2D eigenvalue weighted by molar-refractivity contribution is 6.30. The maximum Gasteiger partial charge on any atom is 0.128 e. The summed E-state index contributed by atoms with van der Waals surface area (Å²) in [6.45, 7) is 4.17. The van der Waals surface area contributed by atoms with Crippen molar-refractivity contribution in [3.8, 4) is 16.9 Å². The van der Waals surface area contributed by atoms with Crippen molar-refractivity contribution < 1.29 is 4.74 Å². The smallest absolute Gasteiger partial charge is 0.128 e. The van der Waals surface area contributed by atoms with E-state index in [1.54, 1.807) is 0 Å². The first-order valence-corrected chi connectivity index (χ1v) is 14.3. The Bertz CT molecular complexity index is 1660. The molecule has 1 aliphatic carbocycles. The van der Waals surface area contributed by atoms with E-state index in [4.69, 9.17) is 21.3 Å². The molecule has 0 bridgehead atoms. The van der Waals surface area contributed by atoms with Crippen LogP contribution in [-0.4, -0.2) is 43.1 Å². The number of aromatic nitrogens is 1. The Balaban J connectivity index is 1.35. The molecule has 1 aliphatic heterocycles. The van der Waals surface area contributed by atoms with Crippen molar-refractivity contribution in [1.82, 2.24) is 9.88 Å². The lowest BCUT2D eigenvalue weighted by molar-refractivity contribution is 0.185. The molecule has 4 aromatic carbocycles. The van der Waals surface area contributed by atoms with Crippen LogP contribution in [0.2, 0.25) is 5.02 Å². The van der Waals surface area contributed by atoms with Gasteiger partial charge in [0.2, 0.25) is 0 Å². The van der Waals surface area contributed by atoms with Crippen molar-refractivity contribution in [3.05, 3.63) is 101 Å². The van der Waals surface area contributed by atoms with Crippen molar-refractivity contribution >= 4 is 39.0 Å². The van der Waals surface area contributed by atoms with E-state index < -0.39 is 0 Å². The number of likely N-dealkylation sites (N-methyl/N-ethyl adjacent to an activating group) is 1. The first-order valence-electron chi connectivity index (χ1n) is 13.9. The molecule has 1 unspecified atom stereocenters. The number of halogens is 1. The predicted molar refractivity (Wildman–Crippen MR) is 162 cm³/mol. The van der Waals surface area contributed by atoms with Gasteiger partial charge < -0.3 is 14.5 Å². The molecule has 0 radical (unpaired) electrons. The van der Waals surface area contributed by atoms with Crippen molar-refractivity contribution in [2.45, 2.75) is 25.4 Å². The third-order valence-corrected chi connectivity index (χ3v) is 8.60. The van der Waals surface area contributed by atoms with Crippen LogP contribution in [-0.2, 0) is 6.42 Å². The maximum atomic E-state index is 6.61. The van der Waals surface area contributed by atoms with Gasteiger partial charge in [0, 0.05) is 48.5 Å². The van der Waals surface area contributed by atoms with Crippen molar-refractivity contribution in [2.24, 2.45) is 0 Å². The number of piperazine rings is 1. The van der Waals surface area contributed by atoms with Crippen LogP contribution in [0.3, 0.4) is 0 Å². The second kappa shape index (κ2) is 10.2. The molecule has 39 heavy (non-hydrogen) atoms. The zero-order chi connectivity index (χ0) is 26.3. The average molecular weight is 534 g/mol. The predicted octanol–water partition coefficient (Wildman–Crippen LogP) is 7.92. The van der Waals surface area contributed by atoms with Gasteiger partial charge in [-0.05, 0) is 95.4 Å². The van der Waals surface area contributed by atoms with Gasteiger partial charge in [0.15, 0.2) is 0 Å². The molecule has 196 valence electrons. The van der Waals surface area contributed by atoms with Crippen LogP contribution in [0.1, 0.15) is 30.1 Å². The fourth-order valence-electron chi connectivity index (χ4n) is 6.30. The number of pyridine rings is 1. The third kappa shape index (κ3) is 4.62. The van der Waals surface area contributed by atoms with Gasteiger partial charge in [-0.1, -0.05) is 54.1 Å². The highest BCUT2D eigenvalue weighted by atomic mass is 35.5. The molecular formula is C34H32ClN3O. The number of nitrogens with zero attached hydrogens (tertiary/aromatic N) is 3. The van der Waals surface area contributed by atoms with Crippen molar-refractivity contribution in [1.29, 1.82) is 0 Å². The largest absolute Gasteiger partial charge is 0.486 e. The number of anilines is 1. The Hall–Kier alpha value is -3.60. The molecule has 1 atom stereocenters. The number of aryl methyl sites for hydroxylation is 1. The summed E-state index contributed by atoms with van der Waals surface area (Å²) in [6, 6.07) is 27.9. The summed E-state index contributed by atoms with van der Waals surface area (Å²) in [4.78, 5) is 9.68. The van der Waals surface area contributed by atoms with Gasteiger partial charge in [-0.3, -0.25) is 0 Å². The quantitative estimate of drug-likeness (QED) is 0.219. The zero-order valence-electron chi connectivity index (χ0n) is 22.2. The van der Waals surface area contributed by atoms with E-state index in [1.165, 1.54) is 38.2 Å². The first kappa shape index (κ1) is 24.4. The number of ether oxygens (including phenoxy) is 1. The SMILES string of the molecule is CN1CCN(c2ccc(-c3cc4c5c(ccc4c4ccccc34)CCCC5Oc3cccc(Cl)c3)cn2)CC1. The molecule has 2 heterocycles. The zero-order valence-corrected chi connectivity index (χ0v) is 23.0. The van der Waals surface area contributed by atoms with Crippen molar-refractivity contribution in [3.63, 3.8) is 0 Å². The molecule has 0 amide bonds. The number of fused-ring (bicyclic) bond motifs is 5. The third-order valence-electron chi connectivity index (χ3n) is 8.37. The Morgan fingerprint density at radius 1 is 0.821 bits per heavy atom. The van der Waals surface area contributed by atoms with Gasteiger partial charge in [-0.15, -0.1) is 0 Å². The van der Waals surface area contributed by atoms with Crippen LogP contribution in [0.4, 0.5) is 5.82 Å². The average Bonchev–Trinajstić information content (AvgIpc) is 2.97. The molecule has 0 spiro atoms. The monoisotopic (exact) mass is 533 g/mol. The molecule has 5 heteroatoms. The van der Waals surface area contributed by atoms with Crippen molar-refractivity contribution in [2.75, 3.05) is 38.1 Å². The van der Waals surface area contributed by atoms with Gasteiger partial charge in [0.05, 0.1) is 0 Å². The van der Waals surface area contributed by atoms with Crippen LogP contribution in [0.5, 0.6) is 5.75 Å². The lowest BCUT2D eigenvalue weighted by atomic mass is 9.83. The Morgan fingerprint density at radius 2 is 1.64 bits per heavy atom. The molecule has 1 aromatic heterocycles. The molecule has 7 rings (SSSR count). The fraction of sp³-hybridized carbons (Fsp3) is 0.265. The minimum absolute atomic E-state index is 0.0114. The van der Waals surface area contributed by atoms with Gasteiger partial charge >= 0.3 is 0 Å². The van der Waals surface area contributed by atoms with Crippen LogP contribution in [0.25, 0.3) is 32.7 Å². The summed E-state index contributed by atoms with van der Waals surface area (Å²) in [6.07, 6.45) is 5.22. The highest BCUT2D eigenvalue weighted by Gasteiger charge is 2.26. The fourth-order valence-corrected chi connectivity index (χ4v) is 6.48. The molecule has 0 N–H and O–H groups in total. The van der Waals surface area contributed by atoms with E-state index in [9.17, 15) is 0 Å². The summed E-state index contributed by atoms with van der Waals surface area (Å²) in [7, 11) is 2.18. The second-order valence-corrected chi connectivity index (χ2v) is 11.3. The molecule has 5 aromatic rings. The molecular weight excluding hydrogens is 502 g/mol. The van der Waals surface area contributed by atoms with Crippen LogP contribution in [0.15, 0.2) is 85.1 Å². The molecule has 2 aliphatic rings. The maximum absolute atomic E-state index is 6.61. The Kier molecular flexibility index (Phi) is 6.38. The lowest BCUT2D eigenvalue weighted by Crippen LogP contribution is -2.44. The molecule has 4 nitrogen and oxygen atoms in total. The van der Waals surface area contributed by atoms with Crippen LogP contribution in [0, 0.1) is 0 Å². The summed E-state index contributed by atoms with van der Waals surface area (Å²) in [5.41, 5.74) is 5.06. The van der Waals surface area contributed by atoms with Gasteiger partial charge in [0.1, 0.15) is 17.7 Å². The summed E-state index contributed by atoms with van der Waals surface area (Å²) < 4.78 is 6.61. The summed E-state index contributed by atoms with van der Waals surface area (Å²) in [5.74, 6) is 1.88. The summed E-state index contributed by atoms with van der Waals surface area (Å²) >= 11 is 6.29. The van der Waals surface area contributed by atoms with Gasteiger partial charge in [-0.25, -0.2) is 4.98 Å². The normalized spacial score (nSPS) is 17.9. The van der Waals surface area contributed by atoms with E-state index in [2.05, 4.69) is 77.6 Å². The minimum Gasteiger partial charge on any atom is -0.486 e. The number of hydrogen-bond donors (Lipinski definition) is 0.